The standard InChI is InChI=1S/C16H21N3O5S/c1-4-23-14-7-5-13(6-8-14)16(20)17-9-10-18-25(21,22)15-11(2)19-24-12(15)3/h5-8,18H,4,9-10H2,1-3H3,(H,17,20). The summed E-state index contributed by atoms with van der Waals surface area (Å²) in [5.41, 5.74) is 0.764. The third-order valence-corrected chi connectivity index (χ3v) is 5.07. The zero-order valence-corrected chi connectivity index (χ0v) is 15.1. The van der Waals surface area contributed by atoms with E-state index in [-0.39, 0.29) is 29.7 Å². The number of hydrogen-bond acceptors (Lipinski definition) is 6. The molecular weight excluding hydrogens is 346 g/mol. The summed E-state index contributed by atoms with van der Waals surface area (Å²) < 4.78 is 37.0. The molecule has 0 aliphatic carbocycles. The van der Waals surface area contributed by atoms with E-state index in [0.717, 1.165) is 0 Å². The maximum Gasteiger partial charge on any atom is 0.251 e. The van der Waals surface area contributed by atoms with Gasteiger partial charge in [0, 0.05) is 18.7 Å². The van der Waals surface area contributed by atoms with Crippen LogP contribution >= 0.6 is 0 Å². The Balaban J connectivity index is 1.85. The highest BCUT2D eigenvalue weighted by molar-refractivity contribution is 7.89. The number of carbonyl (C=O) groups is 1. The van der Waals surface area contributed by atoms with E-state index < -0.39 is 10.0 Å². The zero-order valence-electron chi connectivity index (χ0n) is 14.3. The van der Waals surface area contributed by atoms with Crippen molar-refractivity contribution in [3.8, 4) is 5.75 Å². The van der Waals surface area contributed by atoms with E-state index >= 15 is 0 Å². The highest BCUT2D eigenvalue weighted by Crippen LogP contribution is 2.18. The summed E-state index contributed by atoms with van der Waals surface area (Å²) in [5.74, 6) is 0.620. The first-order valence-electron chi connectivity index (χ1n) is 7.78. The van der Waals surface area contributed by atoms with Crippen molar-refractivity contribution in [1.82, 2.24) is 15.2 Å². The lowest BCUT2D eigenvalue weighted by Crippen LogP contribution is -2.35. The molecular formula is C16H21N3O5S. The van der Waals surface area contributed by atoms with Gasteiger partial charge < -0.3 is 14.6 Å². The highest BCUT2D eigenvalue weighted by atomic mass is 32.2. The number of ether oxygens (including phenoxy) is 1. The fourth-order valence-corrected chi connectivity index (χ4v) is 3.62. The summed E-state index contributed by atoms with van der Waals surface area (Å²) >= 11 is 0. The monoisotopic (exact) mass is 367 g/mol. The predicted octanol–water partition coefficient (Wildman–Crippen LogP) is 1.40. The van der Waals surface area contributed by atoms with Crippen LogP contribution in [-0.2, 0) is 10.0 Å². The molecule has 0 saturated heterocycles. The largest absolute Gasteiger partial charge is 0.494 e. The van der Waals surface area contributed by atoms with Crippen molar-refractivity contribution in [2.45, 2.75) is 25.7 Å². The Hall–Kier alpha value is -2.39. The molecule has 8 nitrogen and oxygen atoms in total. The van der Waals surface area contributed by atoms with Gasteiger partial charge in [0.25, 0.3) is 5.91 Å². The number of amides is 1. The summed E-state index contributed by atoms with van der Waals surface area (Å²) in [6.45, 7) is 5.71. The molecule has 0 atom stereocenters. The first kappa shape index (κ1) is 18.9. The first-order chi connectivity index (χ1) is 11.8. The third-order valence-electron chi connectivity index (χ3n) is 3.37. The van der Waals surface area contributed by atoms with Crippen molar-refractivity contribution < 1.29 is 22.5 Å². The van der Waals surface area contributed by atoms with Gasteiger partial charge in [0.2, 0.25) is 10.0 Å². The summed E-state index contributed by atoms with van der Waals surface area (Å²) in [6.07, 6.45) is 0. The van der Waals surface area contributed by atoms with Gasteiger partial charge in [-0.15, -0.1) is 0 Å². The number of carbonyl (C=O) groups excluding carboxylic acids is 1. The van der Waals surface area contributed by atoms with Crippen LogP contribution in [-0.4, -0.2) is 39.2 Å². The molecule has 136 valence electrons. The van der Waals surface area contributed by atoms with Crippen molar-refractivity contribution >= 4 is 15.9 Å². The second kappa shape index (κ2) is 8.13. The van der Waals surface area contributed by atoms with Crippen LogP contribution in [0.2, 0.25) is 0 Å². The number of nitrogens with one attached hydrogen (secondary N) is 2. The number of aryl methyl sites for hydroxylation is 2. The molecule has 0 unspecified atom stereocenters. The maximum absolute atomic E-state index is 12.2. The van der Waals surface area contributed by atoms with Crippen LogP contribution in [0.25, 0.3) is 0 Å². The fourth-order valence-electron chi connectivity index (χ4n) is 2.26. The van der Waals surface area contributed by atoms with E-state index in [1.165, 1.54) is 6.92 Å². The van der Waals surface area contributed by atoms with Gasteiger partial charge in [0.1, 0.15) is 16.3 Å². The van der Waals surface area contributed by atoms with Gasteiger partial charge in [-0.3, -0.25) is 4.79 Å². The zero-order chi connectivity index (χ0) is 18.4. The lowest BCUT2D eigenvalue weighted by Gasteiger charge is -2.08. The Labute approximate surface area is 146 Å². The van der Waals surface area contributed by atoms with Gasteiger partial charge in [-0.2, -0.15) is 0 Å². The first-order valence-corrected chi connectivity index (χ1v) is 9.27. The van der Waals surface area contributed by atoms with Crippen molar-refractivity contribution in [3.63, 3.8) is 0 Å². The van der Waals surface area contributed by atoms with E-state index in [9.17, 15) is 13.2 Å². The number of rotatable bonds is 8. The molecule has 0 saturated carbocycles. The Morgan fingerprint density at radius 2 is 1.88 bits per heavy atom. The minimum atomic E-state index is -3.73. The Morgan fingerprint density at radius 1 is 1.20 bits per heavy atom. The average molecular weight is 367 g/mol. The second-order valence-corrected chi connectivity index (χ2v) is 6.97. The van der Waals surface area contributed by atoms with E-state index in [1.54, 1.807) is 31.2 Å². The minimum Gasteiger partial charge on any atom is -0.494 e. The SMILES string of the molecule is CCOc1ccc(C(=O)NCCNS(=O)(=O)c2c(C)noc2C)cc1. The van der Waals surface area contributed by atoms with Crippen LogP contribution in [0.5, 0.6) is 5.75 Å². The summed E-state index contributed by atoms with van der Waals surface area (Å²) in [5, 5.41) is 6.28. The molecule has 1 heterocycles. The minimum absolute atomic E-state index is 0.0327. The molecule has 2 N–H and O–H groups in total. The third kappa shape index (κ3) is 4.80. The molecule has 9 heteroatoms. The lowest BCUT2D eigenvalue weighted by molar-refractivity contribution is 0.0954. The molecule has 0 aliphatic heterocycles. The Morgan fingerprint density at radius 3 is 2.44 bits per heavy atom. The number of aromatic nitrogens is 1. The average Bonchev–Trinajstić information content (AvgIpc) is 2.92. The molecule has 1 aromatic carbocycles. The van der Waals surface area contributed by atoms with Gasteiger partial charge in [-0.25, -0.2) is 13.1 Å². The van der Waals surface area contributed by atoms with Crippen LogP contribution in [0.15, 0.2) is 33.7 Å². The van der Waals surface area contributed by atoms with Crippen molar-refractivity contribution in [2.75, 3.05) is 19.7 Å². The van der Waals surface area contributed by atoms with Crippen molar-refractivity contribution in [2.24, 2.45) is 0 Å². The van der Waals surface area contributed by atoms with Crippen molar-refractivity contribution in [3.05, 3.63) is 41.3 Å². The molecule has 25 heavy (non-hydrogen) atoms. The normalized spacial score (nSPS) is 11.3. The van der Waals surface area contributed by atoms with Gasteiger partial charge in [-0.05, 0) is 45.0 Å². The highest BCUT2D eigenvalue weighted by Gasteiger charge is 2.23. The number of hydrogen-bond donors (Lipinski definition) is 2. The molecule has 0 aliphatic rings. The van der Waals surface area contributed by atoms with Crippen LogP contribution in [0.1, 0.15) is 28.7 Å². The van der Waals surface area contributed by atoms with Crippen LogP contribution < -0.4 is 14.8 Å². The van der Waals surface area contributed by atoms with Gasteiger partial charge in [0.15, 0.2) is 5.76 Å². The number of benzene rings is 1. The van der Waals surface area contributed by atoms with Crippen molar-refractivity contribution in [1.29, 1.82) is 0 Å². The quantitative estimate of drug-likeness (QED) is 0.682. The van der Waals surface area contributed by atoms with Gasteiger partial charge in [-0.1, -0.05) is 5.16 Å². The molecule has 0 fully saturated rings. The second-order valence-electron chi connectivity index (χ2n) is 5.26. The molecule has 0 radical (unpaired) electrons. The summed E-state index contributed by atoms with van der Waals surface area (Å²) in [6, 6.07) is 6.71. The van der Waals surface area contributed by atoms with E-state index in [4.69, 9.17) is 9.26 Å². The Bertz CT molecular complexity index is 808. The molecule has 2 rings (SSSR count). The smallest absolute Gasteiger partial charge is 0.251 e. The van der Waals surface area contributed by atoms with E-state index in [2.05, 4.69) is 15.2 Å². The van der Waals surface area contributed by atoms with Crippen LogP contribution in [0.4, 0.5) is 0 Å². The summed E-state index contributed by atoms with van der Waals surface area (Å²) in [7, 11) is -3.73. The maximum atomic E-state index is 12.2. The molecule has 2 aromatic rings. The topological polar surface area (TPSA) is 111 Å². The molecule has 0 spiro atoms. The Kier molecular flexibility index (Phi) is 6.16. The van der Waals surface area contributed by atoms with Crippen LogP contribution in [0.3, 0.4) is 0 Å². The van der Waals surface area contributed by atoms with E-state index in [1.807, 2.05) is 6.92 Å². The lowest BCUT2D eigenvalue weighted by atomic mass is 10.2. The summed E-state index contributed by atoms with van der Waals surface area (Å²) in [4.78, 5) is 12.1. The van der Waals surface area contributed by atoms with Crippen LogP contribution in [0, 0.1) is 13.8 Å². The predicted molar refractivity (Wildman–Crippen MR) is 91.1 cm³/mol. The molecule has 0 bridgehead atoms. The van der Waals surface area contributed by atoms with E-state index in [0.29, 0.717) is 23.6 Å². The number of nitrogens with zero attached hydrogens (tertiary/aromatic N) is 1. The molecule has 1 amide bonds. The van der Waals surface area contributed by atoms with Gasteiger partial charge >= 0.3 is 0 Å². The molecule has 1 aromatic heterocycles. The fraction of sp³-hybridized carbons (Fsp3) is 0.375. The number of sulfonamides is 1. The van der Waals surface area contributed by atoms with Gasteiger partial charge in [0.05, 0.1) is 6.61 Å².